The van der Waals surface area contributed by atoms with Crippen molar-refractivity contribution in [3.05, 3.63) is 0 Å². The number of halogens is 1. The summed E-state index contributed by atoms with van der Waals surface area (Å²) in [6, 6.07) is 2.22. The van der Waals surface area contributed by atoms with Gasteiger partial charge in [0.15, 0.2) is 0 Å². The molecule has 0 aliphatic heterocycles. The second-order valence-corrected chi connectivity index (χ2v) is 3.56. The zero-order valence-corrected chi connectivity index (χ0v) is 6.89. The molecule has 1 fully saturated rings. The van der Waals surface area contributed by atoms with E-state index in [1.807, 2.05) is 0 Å². The summed E-state index contributed by atoms with van der Waals surface area (Å²) < 4.78 is 0. The Kier molecular flexibility index (Phi) is 2.53. The lowest BCUT2D eigenvalue weighted by atomic mass is 10.1. The normalized spacial score (nSPS) is 23.6. The van der Waals surface area contributed by atoms with E-state index in [4.69, 9.17) is 5.26 Å². The van der Waals surface area contributed by atoms with E-state index < -0.39 is 0 Å². The Hall–Kier alpha value is -0.0300. The number of hydrogen-bond acceptors (Lipinski definition) is 1. The van der Waals surface area contributed by atoms with Crippen molar-refractivity contribution in [1.29, 1.82) is 5.26 Å². The van der Waals surface area contributed by atoms with E-state index in [-0.39, 0.29) is 4.83 Å². The first kappa shape index (κ1) is 7.08. The summed E-state index contributed by atoms with van der Waals surface area (Å²) in [6.45, 7) is 0. The van der Waals surface area contributed by atoms with Crippen LogP contribution in [0.4, 0.5) is 0 Å². The molecule has 1 saturated carbocycles. The molecule has 1 nitrogen and oxygen atoms in total. The fourth-order valence-electron chi connectivity index (χ4n) is 1.36. The number of nitriles is 1. The first-order valence-corrected chi connectivity index (χ1v) is 4.30. The lowest BCUT2D eigenvalue weighted by Crippen LogP contribution is -2.06. The van der Waals surface area contributed by atoms with Crippen LogP contribution >= 0.6 is 15.9 Å². The highest BCUT2D eigenvalue weighted by Crippen LogP contribution is 2.30. The second kappa shape index (κ2) is 3.22. The van der Waals surface area contributed by atoms with Gasteiger partial charge in [-0.2, -0.15) is 5.26 Å². The molecule has 1 atom stereocenters. The minimum absolute atomic E-state index is 0.111. The van der Waals surface area contributed by atoms with Crippen molar-refractivity contribution >= 4 is 15.9 Å². The second-order valence-electron chi connectivity index (χ2n) is 2.58. The van der Waals surface area contributed by atoms with E-state index in [0.717, 1.165) is 0 Å². The van der Waals surface area contributed by atoms with Crippen LogP contribution in [0.3, 0.4) is 0 Å². The topological polar surface area (TPSA) is 23.8 Å². The summed E-state index contributed by atoms with van der Waals surface area (Å²) in [6.07, 6.45) is 5.11. The molecule has 0 radical (unpaired) electrons. The molecule has 0 amide bonds. The van der Waals surface area contributed by atoms with E-state index in [1.165, 1.54) is 25.7 Å². The highest BCUT2D eigenvalue weighted by molar-refractivity contribution is 9.09. The van der Waals surface area contributed by atoms with Crippen LogP contribution in [0.1, 0.15) is 25.7 Å². The van der Waals surface area contributed by atoms with Gasteiger partial charge in [-0.15, -0.1) is 0 Å². The summed E-state index contributed by atoms with van der Waals surface area (Å²) in [7, 11) is 0. The number of alkyl halides is 1. The minimum atomic E-state index is 0.111. The smallest absolute Gasteiger partial charge is 0.104 e. The van der Waals surface area contributed by atoms with Crippen molar-refractivity contribution in [1.82, 2.24) is 0 Å². The van der Waals surface area contributed by atoms with Gasteiger partial charge in [0.05, 0.1) is 6.07 Å². The molecular weight excluding hydrogens is 178 g/mol. The van der Waals surface area contributed by atoms with Crippen LogP contribution in [0.2, 0.25) is 0 Å². The maximum absolute atomic E-state index is 8.50. The van der Waals surface area contributed by atoms with Crippen molar-refractivity contribution in [2.45, 2.75) is 30.5 Å². The van der Waals surface area contributed by atoms with Gasteiger partial charge < -0.3 is 0 Å². The van der Waals surface area contributed by atoms with E-state index in [1.54, 1.807) is 0 Å². The van der Waals surface area contributed by atoms with Gasteiger partial charge in [0.1, 0.15) is 4.83 Å². The molecule has 2 heteroatoms. The Bertz CT molecular complexity index is 121. The molecule has 0 N–H and O–H groups in total. The van der Waals surface area contributed by atoms with Gasteiger partial charge >= 0.3 is 0 Å². The average Bonchev–Trinajstić information content (AvgIpc) is 2.37. The van der Waals surface area contributed by atoms with Crippen molar-refractivity contribution in [3.63, 3.8) is 0 Å². The van der Waals surface area contributed by atoms with Crippen molar-refractivity contribution < 1.29 is 0 Å². The van der Waals surface area contributed by atoms with Crippen LogP contribution in [-0.4, -0.2) is 4.83 Å². The van der Waals surface area contributed by atoms with Gasteiger partial charge in [-0.1, -0.05) is 28.8 Å². The molecule has 1 unspecified atom stereocenters. The van der Waals surface area contributed by atoms with Crippen LogP contribution in [-0.2, 0) is 0 Å². The van der Waals surface area contributed by atoms with E-state index in [9.17, 15) is 0 Å². The zero-order chi connectivity index (χ0) is 6.69. The van der Waals surface area contributed by atoms with Gasteiger partial charge in [0, 0.05) is 0 Å². The summed E-state index contributed by atoms with van der Waals surface area (Å²) in [5.74, 6) is 0.634. The lowest BCUT2D eigenvalue weighted by molar-refractivity contribution is 0.581. The van der Waals surface area contributed by atoms with Crippen LogP contribution < -0.4 is 0 Å². The largest absolute Gasteiger partial charge is 0.197 e. The molecule has 0 aromatic carbocycles. The Morgan fingerprint density at radius 1 is 1.44 bits per heavy atom. The third kappa shape index (κ3) is 1.69. The third-order valence-corrected chi connectivity index (χ3v) is 2.89. The quantitative estimate of drug-likeness (QED) is 0.580. The molecule has 50 valence electrons. The Balaban J connectivity index is 2.34. The van der Waals surface area contributed by atoms with Gasteiger partial charge in [0.2, 0.25) is 0 Å². The maximum Gasteiger partial charge on any atom is 0.104 e. The van der Waals surface area contributed by atoms with Crippen molar-refractivity contribution in [2.24, 2.45) is 5.92 Å². The molecule has 0 heterocycles. The van der Waals surface area contributed by atoms with Crippen molar-refractivity contribution in [3.8, 4) is 6.07 Å². The maximum atomic E-state index is 8.50. The van der Waals surface area contributed by atoms with Gasteiger partial charge in [0.25, 0.3) is 0 Å². The van der Waals surface area contributed by atoms with Gasteiger partial charge in [-0.25, -0.2) is 0 Å². The number of nitrogens with zero attached hydrogens (tertiary/aromatic N) is 1. The number of rotatable bonds is 1. The molecule has 0 saturated heterocycles. The fraction of sp³-hybridized carbons (Fsp3) is 0.857. The summed E-state index contributed by atoms with van der Waals surface area (Å²) >= 11 is 3.34. The predicted octanol–water partition coefficient (Wildman–Crippen LogP) is 2.46. The Labute approximate surface area is 64.2 Å². The molecule has 0 bridgehead atoms. The average molecular weight is 188 g/mol. The molecule has 0 aromatic rings. The molecule has 0 aromatic heterocycles. The molecule has 1 aliphatic rings. The molecular formula is C7H10BrN. The summed E-state index contributed by atoms with van der Waals surface area (Å²) in [5, 5.41) is 8.50. The molecule has 1 rings (SSSR count). The van der Waals surface area contributed by atoms with E-state index in [2.05, 4.69) is 22.0 Å². The van der Waals surface area contributed by atoms with E-state index in [0.29, 0.717) is 5.92 Å². The highest BCUT2D eigenvalue weighted by Gasteiger charge is 2.21. The third-order valence-electron chi connectivity index (χ3n) is 1.94. The van der Waals surface area contributed by atoms with E-state index >= 15 is 0 Å². The predicted molar refractivity (Wildman–Crippen MR) is 40.3 cm³/mol. The SMILES string of the molecule is N#CC(Br)C1CCCC1. The summed E-state index contributed by atoms with van der Waals surface area (Å²) in [5.41, 5.74) is 0. The summed E-state index contributed by atoms with van der Waals surface area (Å²) in [4.78, 5) is 0.111. The first-order chi connectivity index (χ1) is 4.34. The lowest BCUT2D eigenvalue weighted by Gasteiger charge is -2.06. The van der Waals surface area contributed by atoms with Gasteiger partial charge in [-0.05, 0) is 18.8 Å². The van der Waals surface area contributed by atoms with Crippen LogP contribution in [0.5, 0.6) is 0 Å². The number of hydrogen-bond donors (Lipinski definition) is 0. The zero-order valence-electron chi connectivity index (χ0n) is 5.31. The van der Waals surface area contributed by atoms with Gasteiger partial charge in [-0.3, -0.25) is 0 Å². The first-order valence-electron chi connectivity index (χ1n) is 3.38. The standard InChI is InChI=1S/C7H10BrN/c8-7(5-9)6-3-1-2-4-6/h6-7H,1-4H2. The molecule has 0 spiro atoms. The molecule has 1 aliphatic carbocycles. The minimum Gasteiger partial charge on any atom is -0.197 e. The molecule has 9 heavy (non-hydrogen) atoms. The van der Waals surface area contributed by atoms with Crippen LogP contribution in [0.25, 0.3) is 0 Å². The Morgan fingerprint density at radius 2 is 2.00 bits per heavy atom. The fourth-order valence-corrected chi connectivity index (χ4v) is 1.88. The van der Waals surface area contributed by atoms with Crippen LogP contribution in [0, 0.1) is 17.2 Å². The van der Waals surface area contributed by atoms with Crippen LogP contribution in [0.15, 0.2) is 0 Å². The highest BCUT2D eigenvalue weighted by atomic mass is 79.9. The monoisotopic (exact) mass is 187 g/mol. The van der Waals surface area contributed by atoms with Crippen molar-refractivity contribution in [2.75, 3.05) is 0 Å². The Morgan fingerprint density at radius 3 is 2.44 bits per heavy atom.